The summed E-state index contributed by atoms with van der Waals surface area (Å²) in [6.45, 7) is 2.13. The van der Waals surface area contributed by atoms with Crippen molar-refractivity contribution < 1.29 is 34.1 Å². The quantitative estimate of drug-likeness (QED) is 0.243. The summed E-state index contributed by atoms with van der Waals surface area (Å²) < 4.78 is 10.9. The van der Waals surface area contributed by atoms with Gasteiger partial charge >= 0.3 is 5.97 Å². The summed E-state index contributed by atoms with van der Waals surface area (Å²) in [5, 5.41) is 20.7. The lowest BCUT2D eigenvalue weighted by Crippen LogP contribution is -2.29. The lowest BCUT2D eigenvalue weighted by atomic mass is 9.95. The van der Waals surface area contributed by atoms with Crippen LogP contribution in [0.2, 0.25) is 5.02 Å². The van der Waals surface area contributed by atoms with Crippen LogP contribution in [0.5, 0.6) is 11.5 Å². The molecule has 2 N–H and O–H groups in total. The highest BCUT2D eigenvalue weighted by atomic mass is 35.5. The fraction of sp³-hybridized carbons (Fsp3) is 0.179. The number of carbonyl (C=O) groups is 3. The van der Waals surface area contributed by atoms with E-state index in [-0.39, 0.29) is 23.3 Å². The molecule has 1 aliphatic rings. The Morgan fingerprint density at radius 3 is 2.41 bits per heavy atom. The van der Waals surface area contributed by atoms with Gasteiger partial charge in [-0.2, -0.15) is 0 Å². The molecule has 1 saturated heterocycles. The first-order chi connectivity index (χ1) is 17.7. The molecule has 0 aliphatic carbocycles. The summed E-state index contributed by atoms with van der Waals surface area (Å²) in [5.74, 6) is -2.24. The molecule has 0 saturated carbocycles. The van der Waals surface area contributed by atoms with Crippen LogP contribution in [0.15, 0.2) is 72.3 Å². The topological polar surface area (TPSA) is 113 Å². The van der Waals surface area contributed by atoms with Crippen molar-refractivity contribution in [1.82, 2.24) is 0 Å². The number of hydrogen-bond acceptors (Lipinski definition) is 6. The molecule has 4 rings (SSSR count). The van der Waals surface area contributed by atoms with Crippen LogP contribution < -0.4 is 14.4 Å². The Morgan fingerprint density at radius 2 is 1.76 bits per heavy atom. The molecule has 1 aliphatic heterocycles. The number of hydrogen-bond donors (Lipinski definition) is 2. The third kappa shape index (κ3) is 5.15. The van der Waals surface area contributed by atoms with E-state index in [1.54, 1.807) is 61.5 Å². The summed E-state index contributed by atoms with van der Waals surface area (Å²) >= 11 is 6.19. The van der Waals surface area contributed by atoms with Gasteiger partial charge in [-0.25, -0.2) is 0 Å². The van der Waals surface area contributed by atoms with Gasteiger partial charge in [-0.3, -0.25) is 19.3 Å². The van der Waals surface area contributed by atoms with Gasteiger partial charge in [-0.05, 0) is 60.5 Å². The van der Waals surface area contributed by atoms with Gasteiger partial charge in [-0.1, -0.05) is 35.9 Å². The number of methoxy groups -OCH3 is 1. The molecule has 8 nitrogen and oxygen atoms in total. The number of aliphatic carboxylic acids is 1. The lowest BCUT2D eigenvalue weighted by molar-refractivity contribution is -0.136. The second-order valence-corrected chi connectivity index (χ2v) is 8.67. The molecule has 1 atom stereocenters. The Morgan fingerprint density at radius 1 is 1.03 bits per heavy atom. The number of carbonyl (C=O) groups excluding carboxylic acids is 2. The predicted octanol–water partition coefficient (Wildman–Crippen LogP) is 5.00. The van der Waals surface area contributed by atoms with Crippen molar-refractivity contribution in [1.29, 1.82) is 0 Å². The van der Waals surface area contributed by atoms with Gasteiger partial charge in [0.05, 0.1) is 36.8 Å². The molecule has 1 heterocycles. The molecule has 9 heteroatoms. The molecule has 0 aromatic heterocycles. The average Bonchev–Trinajstić information content (AvgIpc) is 3.15. The third-order valence-corrected chi connectivity index (χ3v) is 6.24. The van der Waals surface area contributed by atoms with E-state index in [2.05, 4.69) is 0 Å². The number of nitrogens with zero attached hydrogens (tertiary/aromatic N) is 1. The number of Topliss-reactive ketones (excluding diaryl/α,β-unsaturated/α-hetero) is 1. The molecular weight excluding hydrogens is 498 g/mol. The van der Waals surface area contributed by atoms with Gasteiger partial charge in [0.15, 0.2) is 0 Å². The minimum Gasteiger partial charge on any atom is -0.507 e. The summed E-state index contributed by atoms with van der Waals surface area (Å²) in [5.41, 5.74) is 1.59. The summed E-state index contributed by atoms with van der Waals surface area (Å²) in [4.78, 5) is 39.0. The fourth-order valence-corrected chi connectivity index (χ4v) is 4.42. The van der Waals surface area contributed by atoms with E-state index in [0.717, 1.165) is 0 Å². The Labute approximate surface area is 218 Å². The Kier molecular flexibility index (Phi) is 7.50. The lowest BCUT2D eigenvalue weighted by Gasteiger charge is -2.26. The first-order valence-electron chi connectivity index (χ1n) is 11.4. The first-order valence-corrected chi connectivity index (χ1v) is 11.8. The first kappa shape index (κ1) is 25.8. The molecular formula is C28H24ClNO7. The summed E-state index contributed by atoms with van der Waals surface area (Å²) in [6.07, 6.45) is -0.183. The van der Waals surface area contributed by atoms with E-state index in [1.807, 2.05) is 0 Å². The van der Waals surface area contributed by atoms with Crippen molar-refractivity contribution in [3.8, 4) is 11.5 Å². The van der Waals surface area contributed by atoms with Crippen LogP contribution in [0.3, 0.4) is 0 Å². The second-order valence-electron chi connectivity index (χ2n) is 8.26. The smallest absolute Gasteiger partial charge is 0.307 e. The SMILES string of the molecule is CCOc1cc(/C(O)=C2/C(=O)C(=O)N(c3ccc(CC(=O)O)cc3)C2c2cccc(OC)c2)ccc1Cl. The van der Waals surface area contributed by atoms with Crippen LogP contribution in [0.25, 0.3) is 5.76 Å². The normalized spacial score (nSPS) is 16.6. The van der Waals surface area contributed by atoms with Crippen LogP contribution in [0.1, 0.15) is 29.7 Å². The minimum atomic E-state index is -0.987. The summed E-state index contributed by atoms with van der Waals surface area (Å²) in [6, 6.07) is 16.8. The number of aliphatic hydroxyl groups excluding tert-OH is 1. The maximum Gasteiger partial charge on any atom is 0.307 e. The number of ether oxygens (including phenoxy) is 2. The number of amides is 1. The number of halogens is 1. The number of benzene rings is 3. The Bertz CT molecular complexity index is 1400. The monoisotopic (exact) mass is 521 g/mol. The zero-order valence-electron chi connectivity index (χ0n) is 20.1. The van der Waals surface area contributed by atoms with Crippen LogP contribution in [0.4, 0.5) is 5.69 Å². The highest BCUT2D eigenvalue weighted by Crippen LogP contribution is 2.43. The third-order valence-electron chi connectivity index (χ3n) is 5.93. The van der Waals surface area contributed by atoms with Gasteiger partial charge in [0, 0.05) is 11.3 Å². The van der Waals surface area contributed by atoms with Crippen LogP contribution in [0, 0.1) is 0 Å². The largest absolute Gasteiger partial charge is 0.507 e. The van der Waals surface area contributed by atoms with Gasteiger partial charge in [0.2, 0.25) is 0 Å². The maximum atomic E-state index is 13.4. The fourth-order valence-electron chi connectivity index (χ4n) is 4.25. The zero-order chi connectivity index (χ0) is 26.7. The molecule has 1 fully saturated rings. The van der Waals surface area contributed by atoms with E-state index >= 15 is 0 Å². The van der Waals surface area contributed by atoms with E-state index < -0.39 is 23.7 Å². The van der Waals surface area contributed by atoms with Gasteiger partial charge in [0.1, 0.15) is 17.3 Å². The Balaban J connectivity index is 1.89. The van der Waals surface area contributed by atoms with Gasteiger partial charge < -0.3 is 19.7 Å². The van der Waals surface area contributed by atoms with E-state index in [4.69, 9.17) is 26.2 Å². The number of ketones is 1. The molecule has 190 valence electrons. The maximum absolute atomic E-state index is 13.4. The van der Waals surface area contributed by atoms with Crippen LogP contribution in [-0.2, 0) is 20.8 Å². The number of carboxylic acids is 1. The van der Waals surface area contributed by atoms with Crippen molar-refractivity contribution in [2.75, 3.05) is 18.6 Å². The van der Waals surface area contributed by atoms with Crippen molar-refractivity contribution >= 4 is 40.7 Å². The Hall–Kier alpha value is -4.30. The molecule has 0 spiro atoms. The number of carboxylic acid groups (broad SMARTS) is 1. The molecule has 3 aromatic carbocycles. The van der Waals surface area contributed by atoms with Crippen LogP contribution in [-0.4, -0.2) is 41.6 Å². The molecule has 37 heavy (non-hydrogen) atoms. The van der Waals surface area contributed by atoms with E-state index in [0.29, 0.717) is 39.9 Å². The molecule has 0 bridgehead atoms. The summed E-state index contributed by atoms with van der Waals surface area (Å²) in [7, 11) is 1.50. The van der Waals surface area contributed by atoms with E-state index in [1.165, 1.54) is 24.1 Å². The number of aliphatic hydroxyl groups is 1. The van der Waals surface area contributed by atoms with Crippen molar-refractivity contribution in [2.24, 2.45) is 0 Å². The van der Waals surface area contributed by atoms with E-state index in [9.17, 15) is 19.5 Å². The molecule has 1 unspecified atom stereocenters. The molecule has 3 aromatic rings. The van der Waals surface area contributed by atoms with Gasteiger partial charge in [-0.15, -0.1) is 0 Å². The number of rotatable bonds is 8. The molecule has 0 radical (unpaired) electrons. The van der Waals surface area contributed by atoms with Crippen LogP contribution >= 0.6 is 11.6 Å². The predicted molar refractivity (Wildman–Crippen MR) is 138 cm³/mol. The molecule has 1 amide bonds. The number of anilines is 1. The standard InChI is InChI=1S/C28H24ClNO7/c1-3-37-22-15-18(9-12-21(22)29)26(33)24-25(17-5-4-6-20(14-17)36-2)30(28(35)27(24)34)19-10-7-16(8-11-19)13-23(31)32/h4-12,14-15,25,33H,3,13H2,1-2H3,(H,31,32)/b26-24-. The average molecular weight is 522 g/mol. The van der Waals surface area contributed by atoms with Crippen molar-refractivity contribution in [2.45, 2.75) is 19.4 Å². The minimum absolute atomic E-state index is 0.113. The van der Waals surface area contributed by atoms with Crippen molar-refractivity contribution in [3.05, 3.63) is 94.0 Å². The highest BCUT2D eigenvalue weighted by Gasteiger charge is 2.47. The highest BCUT2D eigenvalue weighted by molar-refractivity contribution is 6.51. The second kappa shape index (κ2) is 10.8. The zero-order valence-corrected chi connectivity index (χ0v) is 20.9. The van der Waals surface area contributed by atoms with Gasteiger partial charge in [0.25, 0.3) is 11.7 Å². The van der Waals surface area contributed by atoms with Crippen molar-refractivity contribution in [3.63, 3.8) is 0 Å².